The zero-order chi connectivity index (χ0) is 15.8. The minimum atomic E-state index is -0.991. The number of hydrogen-bond acceptors (Lipinski definition) is 4. The number of carboxylic acids is 1. The average molecular weight is 306 g/mol. The second kappa shape index (κ2) is 8.68. The summed E-state index contributed by atoms with van der Waals surface area (Å²) in [6, 6.07) is -0.658. The third-order valence-electron chi connectivity index (χ3n) is 2.46. The highest BCUT2D eigenvalue weighted by atomic mass is 32.2. The van der Waals surface area contributed by atoms with Crippen LogP contribution in [0.1, 0.15) is 33.6 Å². The number of carbonyl (C=O) groups is 3. The highest BCUT2D eigenvalue weighted by Crippen LogP contribution is 2.24. The van der Waals surface area contributed by atoms with Gasteiger partial charge in [-0.1, -0.05) is 20.8 Å². The van der Waals surface area contributed by atoms with Crippen LogP contribution in [0.15, 0.2) is 0 Å². The van der Waals surface area contributed by atoms with E-state index >= 15 is 0 Å². The number of hydrogen-bond donors (Lipinski definition) is 3. The maximum absolute atomic E-state index is 11.6. The maximum Gasteiger partial charge on any atom is 0.321 e. The van der Waals surface area contributed by atoms with E-state index in [9.17, 15) is 18.6 Å². The van der Waals surface area contributed by atoms with Gasteiger partial charge in [-0.15, -0.1) is 0 Å². The molecule has 0 radical (unpaired) electrons. The molecule has 0 aliphatic carbocycles. The number of imide groups is 1. The van der Waals surface area contributed by atoms with Gasteiger partial charge in [0, 0.05) is 35.3 Å². The zero-order valence-corrected chi connectivity index (χ0v) is 12.8. The van der Waals surface area contributed by atoms with Crippen LogP contribution in [0.5, 0.6) is 0 Å². The summed E-state index contributed by atoms with van der Waals surface area (Å²) in [6.45, 7) is 5.29. The van der Waals surface area contributed by atoms with Gasteiger partial charge in [-0.25, -0.2) is 4.79 Å². The molecule has 0 saturated carbocycles. The van der Waals surface area contributed by atoms with E-state index in [-0.39, 0.29) is 19.4 Å². The maximum atomic E-state index is 11.6. The van der Waals surface area contributed by atoms with Crippen LogP contribution in [0.3, 0.4) is 0 Å². The van der Waals surface area contributed by atoms with Gasteiger partial charge < -0.3 is 10.4 Å². The van der Waals surface area contributed by atoms with E-state index in [0.29, 0.717) is 11.5 Å². The Hall–Kier alpha value is -1.44. The lowest BCUT2D eigenvalue weighted by Crippen LogP contribution is -2.42. The number of aliphatic carboxylic acids is 1. The molecule has 0 rings (SSSR count). The molecule has 0 fully saturated rings. The summed E-state index contributed by atoms with van der Waals surface area (Å²) in [7, 11) is -0.971. The van der Waals surface area contributed by atoms with Gasteiger partial charge in [0.2, 0.25) is 5.91 Å². The lowest BCUT2D eigenvalue weighted by atomic mass is 9.85. The Balaban J connectivity index is 4.05. The smallest absolute Gasteiger partial charge is 0.321 e. The van der Waals surface area contributed by atoms with Gasteiger partial charge in [-0.05, 0) is 5.41 Å². The molecule has 0 aliphatic rings. The summed E-state index contributed by atoms with van der Waals surface area (Å²) in [5.41, 5.74) is -0.722. The molecule has 7 nitrogen and oxygen atoms in total. The highest BCUT2D eigenvalue weighted by Gasteiger charge is 2.25. The normalized spacial score (nSPS) is 12.6. The van der Waals surface area contributed by atoms with E-state index in [1.54, 1.807) is 20.8 Å². The average Bonchev–Trinajstić information content (AvgIpc) is 2.25. The van der Waals surface area contributed by atoms with Crippen molar-refractivity contribution < 1.29 is 23.7 Å². The number of rotatable bonds is 8. The van der Waals surface area contributed by atoms with Crippen molar-refractivity contribution in [3.05, 3.63) is 0 Å². The fourth-order valence-electron chi connectivity index (χ4n) is 1.54. The zero-order valence-electron chi connectivity index (χ0n) is 12.0. The minimum absolute atomic E-state index is 0.0619. The van der Waals surface area contributed by atoms with Crippen molar-refractivity contribution in [2.75, 3.05) is 18.1 Å². The molecule has 0 aromatic rings. The molecule has 0 saturated heterocycles. The number of carboxylic acid groups (broad SMARTS) is 1. The lowest BCUT2D eigenvalue weighted by molar-refractivity contribution is -0.139. The molecule has 3 N–H and O–H groups in total. The van der Waals surface area contributed by atoms with Gasteiger partial charge in [0.1, 0.15) is 0 Å². The molecule has 0 aromatic heterocycles. The largest absolute Gasteiger partial charge is 0.481 e. The van der Waals surface area contributed by atoms with Gasteiger partial charge in [0.05, 0.1) is 6.42 Å². The summed E-state index contributed by atoms with van der Waals surface area (Å²) in [5.74, 6) is -0.673. The van der Waals surface area contributed by atoms with E-state index in [0.717, 1.165) is 0 Å². The third-order valence-corrected chi connectivity index (χ3v) is 3.76. The van der Waals surface area contributed by atoms with Crippen LogP contribution >= 0.6 is 0 Å². The third kappa shape index (κ3) is 9.48. The molecular weight excluding hydrogens is 284 g/mol. The van der Waals surface area contributed by atoms with Crippen molar-refractivity contribution in [1.29, 1.82) is 0 Å². The fraction of sp³-hybridized carbons (Fsp3) is 0.750. The summed E-state index contributed by atoms with van der Waals surface area (Å²) in [4.78, 5) is 33.6. The minimum Gasteiger partial charge on any atom is -0.481 e. The Labute approximate surface area is 121 Å². The predicted octanol–water partition coefficient (Wildman–Crippen LogP) is 0.472. The Morgan fingerprint density at radius 1 is 1.20 bits per heavy atom. The van der Waals surface area contributed by atoms with Crippen molar-refractivity contribution in [3.8, 4) is 0 Å². The van der Waals surface area contributed by atoms with E-state index in [2.05, 4.69) is 10.6 Å². The molecular formula is C12H22N2O5S. The van der Waals surface area contributed by atoms with Crippen molar-refractivity contribution in [2.45, 2.75) is 33.6 Å². The molecule has 1 unspecified atom stereocenters. The molecule has 0 spiro atoms. The second-order valence-electron chi connectivity index (χ2n) is 5.15. The van der Waals surface area contributed by atoms with Gasteiger partial charge >= 0.3 is 12.0 Å². The van der Waals surface area contributed by atoms with Crippen LogP contribution in [-0.2, 0) is 20.4 Å². The number of carbonyl (C=O) groups excluding carboxylic acids is 2. The molecule has 1 atom stereocenters. The Morgan fingerprint density at radius 3 is 2.30 bits per heavy atom. The van der Waals surface area contributed by atoms with Crippen molar-refractivity contribution in [3.63, 3.8) is 0 Å². The van der Waals surface area contributed by atoms with Crippen molar-refractivity contribution in [2.24, 2.45) is 5.41 Å². The number of urea groups is 1. The number of amides is 3. The molecule has 0 aromatic carbocycles. The molecule has 116 valence electrons. The van der Waals surface area contributed by atoms with E-state index in [4.69, 9.17) is 5.11 Å². The van der Waals surface area contributed by atoms with Crippen LogP contribution in [0, 0.1) is 5.41 Å². The van der Waals surface area contributed by atoms with Gasteiger partial charge in [0.15, 0.2) is 0 Å². The van der Waals surface area contributed by atoms with Crippen LogP contribution in [0.25, 0.3) is 0 Å². The first kappa shape index (κ1) is 18.6. The lowest BCUT2D eigenvalue weighted by Gasteiger charge is -2.21. The summed E-state index contributed by atoms with van der Waals surface area (Å²) in [5, 5.41) is 13.2. The Morgan fingerprint density at radius 2 is 1.80 bits per heavy atom. The first-order valence-corrected chi connectivity index (χ1v) is 7.79. The fourth-order valence-corrected chi connectivity index (χ4v) is 2.16. The molecule has 3 amide bonds. The number of nitrogens with one attached hydrogen (secondary N) is 2. The monoisotopic (exact) mass is 306 g/mol. The van der Waals surface area contributed by atoms with Gasteiger partial charge in [-0.2, -0.15) is 0 Å². The van der Waals surface area contributed by atoms with Crippen LogP contribution in [0.4, 0.5) is 4.79 Å². The van der Waals surface area contributed by atoms with E-state index < -0.39 is 34.1 Å². The van der Waals surface area contributed by atoms with Gasteiger partial charge in [-0.3, -0.25) is 19.1 Å². The Kier molecular flexibility index (Phi) is 8.05. The first-order chi connectivity index (χ1) is 9.16. The summed E-state index contributed by atoms with van der Waals surface area (Å²) in [6.07, 6.45) is -0.217. The SMILES string of the molecule is CCS(=O)CCNC(=O)NC(=O)CC(C)(C)CC(=O)O. The molecule has 0 bridgehead atoms. The molecule has 0 heterocycles. The van der Waals surface area contributed by atoms with Crippen molar-refractivity contribution in [1.82, 2.24) is 10.6 Å². The predicted molar refractivity (Wildman–Crippen MR) is 75.7 cm³/mol. The highest BCUT2D eigenvalue weighted by molar-refractivity contribution is 7.84. The Bertz CT molecular complexity index is 395. The van der Waals surface area contributed by atoms with Crippen molar-refractivity contribution >= 4 is 28.7 Å². The molecule has 0 aliphatic heterocycles. The van der Waals surface area contributed by atoms with E-state index in [1.807, 2.05) is 0 Å². The summed E-state index contributed by atoms with van der Waals surface area (Å²) >= 11 is 0. The quantitative estimate of drug-likeness (QED) is 0.603. The van der Waals surface area contributed by atoms with Gasteiger partial charge in [0.25, 0.3) is 0 Å². The molecule has 8 heteroatoms. The molecule has 20 heavy (non-hydrogen) atoms. The van der Waals surface area contributed by atoms with Crippen LogP contribution in [0.2, 0.25) is 0 Å². The van der Waals surface area contributed by atoms with E-state index in [1.165, 1.54) is 0 Å². The van der Waals surface area contributed by atoms with Crippen LogP contribution < -0.4 is 10.6 Å². The summed E-state index contributed by atoms with van der Waals surface area (Å²) < 4.78 is 11.1. The topological polar surface area (TPSA) is 113 Å². The second-order valence-corrected chi connectivity index (χ2v) is 7.01. The standard InChI is InChI=1S/C12H22N2O5S/c1-4-20(19)6-5-13-11(18)14-9(15)7-12(2,3)8-10(16)17/h4-8H2,1-3H3,(H,16,17)(H2,13,14,15,18). The first-order valence-electron chi connectivity index (χ1n) is 6.30. The van der Waals surface area contributed by atoms with Crippen LogP contribution in [-0.4, -0.2) is 45.3 Å².